The Balaban J connectivity index is 4.47. The maximum atomic E-state index is 12.8. The highest BCUT2D eigenvalue weighted by atomic mass is 16.6. The van der Waals surface area contributed by atoms with Crippen LogP contribution >= 0.6 is 0 Å². The Morgan fingerprint density at radius 2 is 0.650 bits per heavy atom. The van der Waals surface area contributed by atoms with Crippen molar-refractivity contribution < 1.29 is 28.6 Å². The van der Waals surface area contributed by atoms with Gasteiger partial charge in [-0.25, -0.2) is 0 Å². The molecular formula is C54H92O6. The largest absolute Gasteiger partial charge is 0.462 e. The van der Waals surface area contributed by atoms with Gasteiger partial charge in [0.2, 0.25) is 0 Å². The molecule has 0 unspecified atom stereocenters. The van der Waals surface area contributed by atoms with Gasteiger partial charge in [0.25, 0.3) is 0 Å². The van der Waals surface area contributed by atoms with Gasteiger partial charge in [0.15, 0.2) is 6.10 Å². The average Bonchev–Trinajstić information content (AvgIpc) is 3.24. The number of ether oxygens (including phenoxy) is 3. The van der Waals surface area contributed by atoms with E-state index in [-0.39, 0.29) is 37.5 Å². The lowest BCUT2D eigenvalue weighted by molar-refractivity contribution is -0.167. The van der Waals surface area contributed by atoms with Gasteiger partial charge in [-0.15, -0.1) is 0 Å². The van der Waals surface area contributed by atoms with Gasteiger partial charge in [-0.3, -0.25) is 14.4 Å². The number of hydrogen-bond donors (Lipinski definition) is 0. The topological polar surface area (TPSA) is 78.9 Å². The minimum absolute atomic E-state index is 0.0952. The highest BCUT2D eigenvalue weighted by molar-refractivity contribution is 5.71. The predicted octanol–water partition coefficient (Wildman–Crippen LogP) is 16.3. The molecule has 0 bridgehead atoms. The molecule has 0 aliphatic heterocycles. The van der Waals surface area contributed by atoms with Crippen LogP contribution in [-0.4, -0.2) is 37.2 Å². The van der Waals surface area contributed by atoms with E-state index in [2.05, 4.69) is 93.7 Å². The number of carbonyl (C=O) groups excluding carboxylic acids is 3. The van der Waals surface area contributed by atoms with Gasteiger partial charge in [0.05, 0.1) is 0 Å². The Labute approximate surface area is 370 Å². The van der Waals surface area contributed by atoms with Gasteiger partial charge in [-0.1, -0.05) is 196 Å². The summed E-state index contributed by atoms with van der Waals surface area (Å²) in [5.41, 5.74) is 0. The lowest BCUT2D eigenvalue weighted by Gasteiger charge is -2.18. The molecular weight excluding hydrogens is 745 g/mol. The van der Waals surface area contributed by atoms with Crippen LogP contribution in [0.5, 0.6) is 0 Å². The lowest BCUT2D eigenvalue weighted by atomic mass is 10.0. The first kappa shape index (κ1) is 56.9. The van der Waals surface area contributed by atoms with E-state index in [9.17, 15) is 14.4 Å². The van der Waals surface area contributed by atoms with Crippen LogP contribution in [0.1, 0.15) is 233 Å². The molecule has 0 aromatic carbocycles. The molecule has 0 saturated carbocycles. The number of allylic oxidation sites excluding steroid dienone is 12. The van der Waals surface area contributed by atoms with Crippen LogP contribution in [0.25, 0.3) is 0 Å². The second-order valence-corrected chi connectivity index (χ2v) is 16.3. The zero-order valence-electron chi connectivity index (χ0n) is 39.2. The standard InChI is InChI=1S/C54H92O6/c1-4-7-10-13-16-19-22-25-27-29-32-35-38-41-44-47-53(56)59-50-51(49-58-52(55)46-43-40-37-34-31-24-21-18-15-12-9-6-3)60-54(57)48-45-42-39-36-33-30-28-26-23-20-17-14-11-8-5-2/h7,10,16-17,19-20,25-28,33,36,51H,4-6,8-9,11-15,18,21-24,29-32,34-35,37-50H2,1-3H3/b10-7-,19-16-,20-17-,27-25-,28-26-,36-33-/t51-/m0/s1. The van der Waals surface area contributed by atoms with Crippen LogP contribution in [-0.2, 0) is 28.6 Å². The highest BCUT2D eigenvalue weighted by Gasteiger charge is 2.19. The monoisotopic (exact) mass is 837 g/mol. The molecule has 6 heteroatoms. The molecule has 0 heterocycles. The summed E-state index contributed by atoms with van der Waals surface area (Å²) in [6, 6.07) is 0. The van der Waals surface area contributed by atoms with E-state index in [0.717, 1.165) is 103 Å². The fourth-order valence-electron chi connectivity index (χ4n) is 6.70. The highest BCUT2D eigenvalue weighted by Crippen LogP contribution is 2.14. The normalized spacial score (nSPS) is 12.7. The molecule has 0 aromatic heterocycles. The molecule has 0 N–H and O–H groups in total. The molecule has 0 radical (unpaired) electrons. The Morgan fingerprint density at radius 1 is 0.350 bits per heavy atom. The Bertz CT molecular complexity index is 1140. The van der Waals surface area contributed by atoms with Gasteiger partial charge in [0.1, 0.15) is 13.2 Å². The molecule has 0 aromatic rings. The van der Waals surface area contributed by atoms with Crippen molar-refractivity contribution in [3.8, 4) is 0 Å². The zero-order valence-corrected chi connectivity index (χ0v) is 39.2. The zero-order chi connectivity index (χ0) is 43.7. The summed E-state index contributed by atoms with van der Waals surface area (Å²) in [6.45, 7) is 6.44. The summed E-state index contributed by atoms with van der Waals surface area (Å²) in [4.78, 5) is 37.9. The second-order valence-electron chi connectivity index (χ2n) is 16.3. The van der Waals surface area contributed by atoms with E-state index >= 15 is 0 Å². The molecule has 0 rings (SSSR count). The third kappa shape index (κ3) is 45.9. The second kappa shape index (κ2) is 48.5. The smallest absolute Gasteiger partial charge is 0.306 e. The van der Waals surface area contributed by atoms with Crippen LogP contribution in [0.3, 0.4) is 0 Å². The minimum Gasteiger partial charge on any atom is -0.462 e. The fourth-order valence-corrected chi connectivity index (χ4v) is 6.70. The van der Waals surface area contributed by atoms with Crippen LogP contribution in [0.4, 0.5) is 0 Å². The first-order valence-corrected chi connectivity index (χ1v) is 24.9. The van der Waals surface area contributed by atoms with Crippen molar-refractivity contribution >= 4 is 17.9 Å². The van der Waals surface area contributed by atoms with Crippen molar-refractivity contribution in [1.29, 1.82) is 0 Å². The summed E-state index contributed by atoms with van der Waals surface area (Å²) < 4.78 is 16.7. The Hall–Kier alpha value is -3.15. The van der Waals surface area contributed by atoms with E-state index in [1.807, 2.05) is 0 Å². The van der Waals surface area contributed by atoms with Crippen molar-refractivity contribution in [3.05, 3.63) is 72.9 Å². The molecule has 0 saturated heterocycles. The first-order valence-electron chi connectivity index (χ1n) is 24.9. The summed E-state index contributed by atoms with van der Waals surface area (Å²) in [5, 5.41) is 0. The number of esters is 3. The Morgan fingerprint density at radius 3 is 1.08 bits per heavy atom. The molecule has 0 spiro atoms. The molecule has 0 aliphatic carbocycles. The summed E-state index contributed by atoms with van der Waals surface area (Å²) in [5.74, 6) is -0.952. The first-order chi connectivity index (χ1) is 29.5. The molecule has 344 valence electrons. The SMILES string of the molecule is CC/C=C\C/C=C\C/C=C\CCCCCCCC(=O)OC[C@H](COC(=O)CCCCCCCCCCCCCC)OC(=O)CCCC/C=C\C/C=C\C/C=C\CCCCC. The minimum atomic E-state index is -0.799. The Kier molecular flexibility index (Phi) is 46.0. The maximum Gasteiger partial charge on any atom is 0.306 e. The lowest BCUT2D eigenvalue weighted by Crippen LogP contribution is -2.30. The van der Waals surface area contributed by atoms with Crippen molar-refractivity contribution in [2.24, 2.45) is 0 Å². The van der Waals surface area contributed by atoms with Gasteiger partial charge < -0.3 is 14.2 Å². The van der Waals surface area contributed by atoms with Gasteiger partial charge in [-0.2, -0.15) is 0 Å². The predicted molar refractivity (Wildman–Crippen MR) is 256 cm³/mol. The third-order valence-electron chi connectivity index (χ3n) is 10.4. The van der Waals surface area contributed by atoms with E-state index in [1.54, 1.807) is 0 Å². The van der Waals surface area contributed by atoms with E-state index in [0.29, 0.717) is 19.3 Å². The van der Waals surface area contributed by atoms with Crippen molar-refractivity contribution in [1.82, 2.24) is 0 Å². The fraction of sp³-hybridized carbons (Fsp3) is 0.722. The van der Waals surface area contributed by atoms with Crippen LogP contribution in [0.2, 0.25) is 0 Å². The summed E-state index contributed by atoms with van der Waals surface area (Å²) in [6.07, 6.45) is 60.2. The van der Waals surface area contributed by atoms with Crippen molar-refractivity contribution in [2.75, 3.05) is 13.2 Å². The van der Waals surface area contributed by atoms with Gasteiger partial charge in [0, 0.05) is 19.3 Å². The number of rotatable bonds is 44. The van der Waals surface area contributed by atoms with Crippen LogP contribution in [0.15, 0.2) is 72.9 Å². The number of unbranched alkanes of at least 4 members (excludes halogenated alkanes) is 21. The summed E-state index contributed by atoms with van der Waals surface area (Å²) >= 11 is 0. The molecule has 60 heavy (non-hydrogen) atoms. The quantitative estimate of drug-likeness (QED) is 0.0263. The van der Waals surface area contributed by atoms with Crippen LogP contribution < -0.4 is 0 Å². The van der Waals surface area contributed by atoms with E-state index in [1.165, 1.54) is 83.5 Å². The summed E-state index contributed by atoms with van der Waals surface area (Å²) in [7, 11) is 0. The maximum absolute atomic E-state index is 12.8. The molecule has 0 fully saturated rings. The third-order valence-corrected chi connectivity index (χ3v) is 10.4. The molecule has 1 atom stereocenters. The molecule has 0 amide bonds. The number of carbonyl (C=O) groups is 3. The van der Waals surface area contributed by atoms with Gasteiger partial charge in [-0.05, 0) is 89.9 Å². The van der Waals surface area contributed by atoms with Crippen molar-refractivity contribution in [3.63, 3.8) is 0 Å². The van der Waals surface area contributed by atoms with Crippen LogP contribution in [0, 0.1) is 0 Å². The molecule has 0 aliphatic rings. The van der Waals surface area contributed by atoms with Gasteiger partial charge >= 0.3 is 17.9 Å². The van der Waals surface area contributed by atoms with E-state index < -0.39 is 6.10 Å². The van der Waals surface area contributed by atoms with E-state index in [4.69, 9.17) is 14.2 Å². The molecule has 6 nitrogen and oxygen atoms in total. The average molecular weight is 837 g/mol. The number of hydrogen-bond acceptors (Lipinski definition) is 6. The van der Waals surface area contributed by atoms with Crippen molar-refractivity contribution in [2.45, 2.75) is 239 Å².